The number of imidazole rings is 1. The van der Waals surface area contributed by atoms with Gasteiger partial charge in [0.2, 0.25) is 0 Å². The summed E-state index contributed by atoms with van der Waals surface area (Å²) in [6, 6.07) is -2.10. The summed E-state index contributed by atoms with van der Waals surface area (Å²) in [5.74, 6) is -1.20. The molecule has 0 bridgehead atoms. The number of H-pyrrole nitrogens is 1. The molecule has 82 valence electrons. The van der Waals surface area contributed by atoms with E-state index in [1.54, 1.807) is 0 Å². The third-order valence-electron chi connectivity index (χ3n) is 1.68. The van der Waals surface area contributed by atoms with Crippen molar-refractivity contribution in [3.05, 3.63) is 18.2 Å². The highest BCUT2D eigenvalue weighted by Crippen LogP contribution is 1.98. The number of aromatic nitrogens is 2. The van der Waals surface area contributed by atoms with E-state index in [4.69, 9.17) is 10.3 Å². The molecule has 0 fully saturated rings. The fourth-order valence-electron chi connectivity index (χ4n) is 1.01. The van der Waals surface area contributed by atoms with Gasteiger partial charge in [0.05, 0.1) is 6.33 Å². The van der Waals surface area contributed by atoms with Gasteiger partial charge >= 0.3 is 12.0 Å². The molecule has 1 heterocycles. The molecule has 5 N–H and O–H groups in total. The van der Waals surface area contributed by atoms with Crippen molar-refractivity contribution >= 4 is 12.0 Å². The van der Waals surface area contributed by atoms with Crippen LogP contribution in [-0.2, 0) is 11.2 Å². The zero-order valence-corrected chi connectivity index (χ0v) is 7.60. The maximum atomic E-state index is 10.7. The molecule has 8 heteroatoms. The molecule has 0 radical (unpaired) electrons. The summed E-state index contributed by atoms with van der Waals surface area (Å²) >= 11 is 0. The monoisotopic (exact) mass is 214 g/mol. The first-order chi connectivity index (χ1) is 7.13. The lowest BCUT2D eigenvalue weighted by Crippen LogP contribution is -2.46. The maximum absolute atomic E-state index is 10.7. The van der Waals surface area contributed by atoms with E-state index in [0.29, 0.717) is 5.69 Å². The Balaban J connectivity index is 2.59. The Bertz CT molecular complexity index is 337. The Labute approximate surface area is 84.3 Å². The molecule has 0 aliphatic heterocycles. The zero-order valence-electron chi connectivity index (χ0n) is 7.60. The minimum Gasteiger partial charge on any atom is -0.480 e. The van der Waals surface area contributed by atoms with Gasteiger partial charge in [-0.25, -0.2) is 20.1 Å². The zero-order chi connectivity index (χ0) is 11.3. The van der Waals surface area contributed by atoms with Crippen molar-refractivity contribution in [2.24, 2.45) is 0 Å². The first kappa shape index (κ1) is 11.0. The SMILES string of the molecule is O=C(NO)N[C@@H](Cc1cnc[nH]1)C(=O)O. The summed E-state index contributed by atoms with van der Waals surface area (Å²) in [5.41, 5.74) is 1.86. The molecule has 0 spiro atoms. The highest BCUT2D eigenvalue weighted by Gasteiger charge is 2.20. The van der Waals surface area contributed by atoms with Crippen LogP contribution >= 0.6 is 0 Å². The van der Waals surface area contributed by atoms with Gasteiger partial charge in [-0.15, -0.1) is 0 Å². The molecular formula is C7H10N4O4. The molecular weight excluding hydrogens is 204 g/mol. The average Bonchev–Trinajstić information content (AvgIpc) is 2.69. The van der Waals surface area contributed by atoms with Crippen LogP contribution in [0.25, 0.3) is 0 Å². The van der Waals surface area contributed by atoms with Gasteiger partial charge in [0.25, 0.3) is 0 Å². The Kier molecular flexibility index (Phi) is 3.63. The fraction of sp³-hybridized carbons (Fsp3) is 0.286. The summed E-state index contributed by atoms with van der Waals surface area (Å²) in [6.45, 7) is 0. The normalized spacial score (nSPS) is 11.8. The lowest BCUT2D eigenvalue weighted by atomic mass is 10.2. The third-order valence-corrected chi connectivity index (χ3v) is 1.68. The van der Waals surface area contributed by atoms with E-state index in [0.717, 1.165) is 0 Å². The smallest absolute Gasteiger partial charge is 0.339 e. The number of hydrogen-bond acceptors (Lipinski definition) is 4. The average molecular weight is 214 g/mol. The van der Waals surface area contributed by atoms with Crippen LogP contribution in [0.15, 0.2) is 12.5 Å². The van der Waals surface area contributed by atoms with Crippen LogP contribution in [0.2, 0.25) is 0 Å². The number of aliphatic carboxylic acids is 1. The maximum Gasteiger partial charge on any atom is 0.339 e. The second-order valence-corrected chi connectivity index (χ2v) is 2.76. The molecule has 0 aliphatic carbocycles. The number of hydroxylamine groups is 1. The molecule has 1 atom stereocenters. The van der Waals surface area contributed by atoms with Gasteiger partial charge in [-0.1, -0.05) is 0 Å². The number of amides is 2. The van der Waals surface area contributed by atoms with Crippen molar-refractivity contribution in [1.82, 2.24) is 20.8 Å². The predicted octanol–water partition coefficient (Wildman–Crippen LogP) is -0.906. The van der Waals surface area contributed by atoms with Crippen LogP contribution in [0.3, 0.4) is 0 Å². The van der Waals surface area contributed by atoms with Crippen LogP contribution in [0.4, 0.5) is 4.79 Å². The van der Waals surface area contributed by atoms with E-state index >= 15 is 0 Å². The number of carbonyl (C=O) groups excluding carboxylic acids is 1. The largest absolute Gasteiger partial charge is 0.480 e. The highest BCUT2D eigenvalue weighted by molar-refractivity contribution is 5.82. The van der Waals surface area contributed by atoms with E-state index in [1.165, 1.54) is 18.0 Å². The molecule has 2 amide bonds. The number of urea groups is 1. The van der Waals surface area contributed by atoms with Crippen LogP contribution in [0.1, 0.15) is 5.69 Å². The second-order valence-electron chi connectivity index (χ2n) is 2.76. The number of carboxylic acids is 1. The Morgan fingerprint density at radius 2 is 2.33 bits per heavy atom. The quantitative estimate of drug-likeness (QED) is 0.327. The van der Waals surface area contributed by atoms with E-state index in [-0.39, 0.29) is 6.42 Å². The fourth-order valence-corrected chi connectivity index (χ4v) is 1.01. The van der Waals surface area contributed by atoms with Crippen molar-refractivity contribution in [2.45, 2.75) is 12.5 Å². The van der Waals surface area contributed by atoms with Crippen LogP contribution in [0, 0.1) is 0 Å². The van der Waals surface area contributed by atoms with Crippen molar-refractivity contribution in [2.75, 3.05) is 0 Å². The molecule has 1 aromatic rings. The minimum absolute atomic E-state index is 0.0583. The van der Waals surface area contributed by atoms with Gasteiger partial charge in [-0.3, -0.25) is 5.21 Å². The summed E-state index contributed by atoms with van der Waals surface area (Å²) < 4.78 is 0. The molecule has 8 nitrogen and oxygen atoms in total. The number of nitrogens with one attached hydrogen (secondary N) is 3. The first-order valence-electron chi connectivity index (χ1n) is 4.04. The molecule has 15 heavy (non-hydrogen) atoms. The number of nitrogens with zero attached hydrogens (tertiary/aromatic N) is 1. The standard InChI is InChI=1S/C7H10N4O4/c12-6(13)5(10-7(14)11-15)1-4-2-8-3-9-4/h2-3,5,15H,1H2,(H,8,9)(H,12,13)(H2,10,11,14)/t5-/m0/s1. The van der Waals surface area contributed by atoms with Crippen LogP contribution < -0.4 is 10.8 Å². The predicted molar refractivity (Wildman–Crippen MR) is 47.2 cm³/mol. The van der Waals surface area contributed by atoms with Crippen molar-refractivity contribution in [3.8, 4) is 0 Å². The minimum atomic E-state index is -1.20. The van der Waals surface area contributed by atoms with E-state index in [1.807, 2.05) is 0 Å². The topological polar surface area (TPSA) is 127 Å². The molecule has 0 aliphatic rings. The van der Waals surface area contributed by atoms with Gasteiger partial charge in [-0.05, 0) is 0 Å². The van der Waals surface area contributed by atoms with E-state index in [2.05, 4.69) is 15.3 Å². The van der Waals surface area contributed by atoms with Crippen LogP contribution in [-0.4, -0.2) is 38.3 Å². The third kappa shape index (κ3) is 3.27. The lowest BCUT2D eigenvalue weighted by Gasteiger charge is -2.12. The number of rotatable bonds is 4. The van der Waals surface area contributed by atoms with Crippen molar-refractivity contribution in [3.63, 3.8) is 0 Å². The van der Waals surface area contributed by atoms with Gasteiger partial charge in [0, 0.05) is 18.3 Å². The van der Waals surface area contributed by atoms with Gasteiger partial charge in [0.15, 0.2) is 0 Å². The lowest BCUT2D eigenvalue weighted by molar-refractivity contribution is -0.139. The number of aromatic amines is 1. The number of carboxylic acid groups (broad SMARTS) is 1. The molecule has 1 aromatic heterocycles. The van der Waals surface area contributed by atoms with Gasteiger partial charge < -0.3 is 15.4 Å². The Morgan fingerprint density at radius 3 is 2.80 bits per heavy atom. The summed E-state index contributed by atoms with van der Waals surface area (Å²) in [7, 11) is 0. The van der Waals surface area contributed by atoms with Crippen LogP contribution in [0.5, 0.6) is 0 Å². The van der Waals surface area contributed by atoms with E-state index in [9.17, 15) is 9.59 Å². The molecule has 1 rings (SSSR count). The second kappa shape index (κ2) is 4.96. The Morgan fingerprint density at radius 1 is 1.60 bits per heavy atom. The summed E-state index contributed by atoms with van der Waals surface area (Å²) in [6.07, 6.45) is 2.91. The Hall–Kier alpha value is -2.09. The molecule has 0 unspecified atom stereocenters. The molecule has 0 saturated heterocycles. The van der Waals surface area contributed by atoms with E-state index < -0.39 is 18.0 Å². The number of hydrogen-bond donors (Lipinski definition) is 5. The van der Waals surface area contributed by atoms with Gasteiger partial charge in [-0.2, -0.15) is 0 Å². The first-order valence-corrected chi connectivity index (χ1v) is 4.04. The van der Waals surface area contributed by atoms with Gasteiger partial charge in [0.1, 0.15) is 6.04 Å². The molecule has 0 saturated carbocycles. The summed E-state index contributed by atoms with van der Waals surface area (Å²) in [5, 5.41) is 19.0. The molecule has 0 aromatic carbocycles. The highest BCUT2D eigenvalue weighted by atomic mass is 16.5. The van der Waals surface area contributed by atoms with Crippen molar-refractivity contribution < 1.29 is 19.9 Å². The van der Waals surface area contributed by atoms with Crippen molar-refractivity contribution in [1.29, 1.82) is 0 Å². The summed E-state index contributed by atoms with van der Waals surface area (Å²) in [4.78, 5) is 27.8. The number of carbonyl (C=O) groups is 2.